The van der Waals surface area contributed by atoms with Gasteiger partial charge in [0.1, 0.15) is 53.2 Å². The van der Waals surface area contributed by atoms with Gasteiger partial charge < -0.3 is 29.1 Å². The predicted molar refractivity (Wildman–Crippen MR) is 211 cm³/mol. The van der Waals surface area contributed by atoms with Crippen LogP contribution in [0.3, 0.4) is 0 Å². The zero-order chi connectivity index (χ0) is 41.7. The lowest BCUT2D eigenvalue weighted by Gasteiger charge is -2.32. The van der Waals surface area contributed by atoms with Crippen molar-refractivity contribution in [3.8, 4) is 35.0 Å². The van der Waals surface area contributed by atoms with E-state index in [1.54, 1.807) is 25.7 Å². The van der Waals surface area contributed by atoms with Gasteiger partial charge in [-0.25, -0.2) is 22.8 Å². The average molecular weight is 841 g/mol. The second-order valence-electron chi connectivity index (χ2n) is 15.7. The molecular weight excluding hydrogens is 801 g/mol. The van der Waals surface area contributed by atoms with Gasteiger partial charge >= 0.3 is 18.2 Å². The molecule has 7 rings (SSSR count). The molecule has 1 unspecified atom stereocenters. The Morgan fingerprint density at radius 3 is 2.72 bits per heavy atom. The number of benzene rings is 2. The first kappa shape index (κ1) is 40.9. The molecular formula is C39H40ClF3N8O6S. The summed E-state index contributed by atoms with van der Waals surface area (Å²) < 4.78 is 65.7. The number of nitrogens with zero attached hydrogens (tertiary/aromatic N) is 7. The Bertz CT molecular complexity index is 2400. The molecule has 2 saturated heterocycles. The molecule has 58 heavy (non-hydrogen) atoms. The van der Waals surface area contributed by atoms with Gasteiger partial charge in [0.05, 0.1) is 44.7 Å². The van der Waals surface area contributed by atoms with Crippen LogP contribution in [0.25, 0.3) is 32.1 Å². The van der Waals surface area contributed by atoms with Crippen LogP contribution >= 0.6 is 22.9 Å². The fourth-order valence-corrected chi connectivity index (χ4v) is 9.48. The third-order valence-corrected chi connectivity index (χ3v) is 12.1. The zero-order valence-electron chi connectivity index (χ0n) is 32.1. The van der Waals surface area contributed by atoms with Gasteiger partial charge in [0.15, 0.2) is 11.6 Å². The van der Waals surface area contributed by atoms with Gasteiger partial charge in [-0.3, -0.25) is 10.2 Å². The lowest BCUT2D eigenvalue weighted by atomic mass is 9.95. The first-order valence-electron chi connectivity index (χ1n) is 18.7. The van der Waals surface area contributed by atoms with Crippen molar-refractivity contribution in [1.82, 2.24) is 19.8 Å². The Hall–Kier alpha value is -5.30. The first-order valence-corrected chi connectivity index (χ1v) is 19.9. The maximum atomic E-state index is 17.6. The van der Waals surface area contributed by atoms with Gasteiger partial charge in [0, 0.05) is 44.1 Å². The van der Waals surface area contributed by atoms with Crippen molar-refractivity contribution >= 4 is 66.9 Å². The molecule has 3 aliphatic heterocycles. The topological polar surface area (TPSA) is 177 Å². The molecule has 0 radical (unpaired) electrons. The van der Waals surface area contributed by atoms with Crippen LogP contribution in [0.4, 0.5) is 33.6 Å². The molecule has 19 heteroatoms. The van der Waals surface area contributed by atoms with Crippen molar-refractivity contribution in [1.29, 1.82) is 10.5 Å². The Morgan fingerprint density at radius 1 is 1.24 bits per heavy atom. The number of nitrogens with one attached hydrogen (secondary N) is 1. The van der Waals surface area contributed by atoms with Crippen LogP contribution in [-0.2, 0) is 4.74 Å². The molecule has 5 heterocycles. The van der Waals surface area contributed by atoms with Crippen molar-refractivity contribution in [3.63, 3.8) is 0 Å². The van der Waals surface area contributed by atoms with E-state index in [1.807, 2.05) is 11.0 Å². The highest BCUT2D eigenvalue weighted by molar-refractivity contribution is 7.23. The molecule has 0 aliphatic carbocycles. The molecule has 3 aliphatic rings. The number of thiophene rings is 1. The van der Waals surface area contributed by atoms with Crippen molar-refractivity contribution in [2.24, 2.45) is 0 Å². The standard InChI is InChI=1S/C39H40ClF3N8O6S/c1-38(2,3)57-36(52)48-34-23(16-45)25-22(7-8-24(42)32(25)58-34)26-28(40)31-27-30(29(26)43)46-35(56-19-39-10-5-13-50(39)17-20(41)15-39)47-33(27)51(21(9-11-44)18-55-31)14-6-12-49(4)37(53)54/h7-8,20-21H,5-6,9-10,12-15,17-19H2,1-4H3,(H,48,52)(H,53,54)/t20-,21?,39+/m1/s1. The van der Waals surface area contributed by atoms with Crippen LogP contribution in [-0.4, -0.2) is 107 Å². The van der Waals surface area contributed by atoms with Crippen LogP contribution in [0, 0.1) is 34.3 Å². The zero-order valence-corrected chi connectivity index (χ0v) is 33.7. The number of alkyl halides is 1. The molecule has 0 spiro atoms. The Balaban J connectivity index is 1.42. The molecule has 306 valence electrons. The minimum atomic E-state index is -1.13. The molecule has 2 N–H and O–H groups in total. The summed E-state index contributed by atoms with van der Waals surface area (Å²) >= 11 is 7.87. The molecule has 2 amide bonds. The van der Waals surface area contributed by atoms with E-state index >= 15 is 8.78 Å². The Kier molecular flexibility index (Phi) is 11.1. The van der Waals surface area contributed by atoms with Crippen LogP contribution in [0.1, 0.15) is 58.4 Å². The van der Waals surface area contributed by atoms with Crippen LogP contribution in [0.15, 0.2) is 12.1 Å². The van der Waals surface area contributed by atoms with Crippen LogP contribution in [0.2, 0.25) is 5.02 Å². The highest BCUT2D eigenvalue weighted by Gasteiger charge is 2.49. The third kappa shape index (κ3) is 7.56. The monoisotopic (exact) mass is 840 g/mol. The van der Waals surface area contributed by atoms with Crippen LogP contribution < -0.4 is 19.7 Å². The van der Waals surface area contributed by atoms with Gasteiger partial charge in [-0.1, -0.05) is 17.7 Å². The Morgan fingerprint density at radius 2 is 2.02 bits per heavy atom. The van der Waals surface area contributed by atoms with Crippen molar-refractivity contribution in [2.45, 2.75) is 76.2 Å². The number of ether oxygens (including phenoxy) is 3. The molecule has 3 atom stereocenters. The van der Waals surface area contributed by atoms with Gasteiger partial charge in [-0.05, 0) is 58.2 Å². The number of carbonyl (C=O) groups is 2. The van der Waals surface area contributed by atoms with Gasteiger partial charge in [-0.2, -0.15) is 20.5 Å². The molecule has 2 fully saturated rings. The second kappa shape index (κ2) is 15.8. The third-order valence-electron chi connectivity index (χ3n) is 10.6. The molecule has 2 aromatic carbocycles. The van der Waals surface area contributed by atoms with Crippen molar-refractivity contribution in [3.05, 3.63) is 34.4 Å². The smallest absolute Gasteiger partial charge is 0.412 e. The SMILES string of the molecule is CN(CCCN1c2nc(OC[C@@]34CCCN3C[C@H](F)C4)nc3c(F)c(-c4ccc(F)c5sc(NC(=O)OC(C)(C)C)c(C#N)c45)c(Cl)c(c23)OCC1CC#N)C(=O)O. The maximum absolute atomic E-state index is 17.6. The number of hydrogen-bond donors (Lipinski definition) is 2. The number of fused-ring (bicyclic) bond motifs is 2. The van der Waals surface area contributed by atoms with E-state index in [1.165, 1.54) is 13.1 Å². The lowest BCUT2D eigenvalue weighted by molar-refractivity contribution is 0.0636. The number of halogens is 4. The number of amides is 2. The van der Waals surface area contributed by atoms with Gasteiger partial charge in [0.2, 0.25) is 0 Å². The summed E-state index contributed by atoms with van der Waals surface area (Å²) in [7, 11) is 1.42. The molecule has 0 bridgehead atoms. The fraction of sp³-hybridized carbons (Fsp3) is 0.487. The number of aromatic nitrogens is 2. The number of anilines is 2. The summed E-state index contributed by atoms with van der Waals surface area (Å²) in [5.41, 5.74) is -2.23. The number of carbonyl (C=O) groups excluding carboxylic acids is 1. The number of nitriles is 2. The van der Waals surface area contributed by atoms with Crippen molar-refractivity contribution in [2.75, 3.05) is 56.7 Å². The minimum absolute atomic E-state index is 0.000125. The normalized spacial score (nSPS) is 20.3. The molecule has 0 saturated carbocycles. The van der Waals surface area contributed by atoms with E-state index in [-0.39, 0.29) is 117 Å². The lowest BCUT2D eigenvalue weighted by Crippen LogP contribution is -2.43. The highest BCUT2D eigenvalue weighted by atomic mass is 35.5. The fourth-order valence-electron chi connectivity index (χ4n) is 8.08. The number of hydrogen-bond acceptors (Lipinski definition) is 12. The second-order valence-corrected chi connectivity index (χ2v) is 17.1. The summed E-state index contributed by atoms with van der Waals surface area (Å²) in [6, 6.07) is 5.62. The van der Waals surface area contributed by atoms with E-state index in [2.05, 4.69) is 16.4 Å². The quantitative estimate of drug-likeness (QED) is 0.157. The Labute approximate surface area is 340 Å². The largest absolute Gasteiger partial charge is 0.489 e. The van der Waals surface area contributed by atoms with Gasteiger partial charge in [0.25, 0.3) is 0 Å². The molecule has 14 nitrogen and oxygen atoms in total. The van der Waals surface area contributed by atoms with E-state index in [0.717, 1.165) is 28.7 Å². The summed E-state index contributed by atoms with van der Waals surface area (Å²) in [6.07, 6.45) is -1.06. The minimum Gasteiger partial charge on any atom is -0.489 e. The first-order chi connectivity index (χ1) is 27.6. The highest BCUT2D eigenvalue weighted by Crippen LogP contribution is 2.52. The van der Waals surface area contributed by atoms with Crippen LogP contribution in [0.5, 0.6) is 11.8 Å². The summed E-state index contributed by atoms with van der Waals surface area (Å²) in [5, 5.41) is 32.0. The van der Waals surface area contributed by atoms with E-state index in [0.29, 0.717) is 13.0 Å². The average Bonchev–Trinajstić information content (AvgIpc) is 3.78. The summed E-state index contributed by atoms with van der Waals surface area (Å²) in [6.45, 7) is 6.11. The van der Waals surface area contributed by atoms with E-state index in [4.69, 9.17) is 30.8 Å². The van der Waals surface area contributed by atoms with E-state index in [9.17, 15) is 29.6 Å². The van der Waals surface area contributed by atoms with Crippen molar-refractivity contribution < 1.29 is 42.1 Å². The van der Waals surface area contributed by atoms with E-state index < -0.39 is 47.2 Å². The maximum Gasteiger partial charge on any atom is 0.412 e. The summed E-state index contributed by atoms with van der Waals surface area (Å²) in [4.78, 5) is 38.5. The molecule has 4 aromatic rings. The molecule has 2 aromatic heterocycles. The number of carboxylic acid groups (broad SMARTS) is 1. The number of rotatable bonds is 10. The summed E-state index contributed by atoms with van der Waals surface area (Å²) in [5.74, 6) is -1.65. The van der Waals surface area contributed by atoms with Gasteiger partial charge in [-0.15, -0.1) is 11.3 Å². The predicted octanol–water partition coefficient (Wildman–Crippen LogP) is 8.10.